The number of amides is 2. The van der Waals surface area contributed by atoms with Gasteiger partial charge < -0.3 is 24.5 Å². The molecule has 0 spiro atoms. The van der Waals surface area contributed by atoms with Gasteiger partial charge in [-0.15, -0.1) is 11.3 Å². The molecule has 2 heterocycles. The van der Waals surface area contributed by atoms with Crippen molar-refractivity contribution in [3.63, 3.8) is 0 Å². The molecular weight excluding hydrogens is 468 g/mol. The number of carbonyl (C=O) groups is 2. The van der Waals surface area contributed by atoms with Crippen molar-refractivity contribution in [1.29, 1.82) is 0 Å². The minimum absolute atomic E-state index is 0.150. The third-order valence-corrected chi connectivity index (χ3v) is 8.30. The van der Waals surface area contributed by atoms with E-state index in [0.29, 0.717) is 17.9 Å². The summed E-state index contributed by atoms with van der Waals surface area (Å²) < 4.78 is 41.8. The average Bonchev–Trinajstić information content (AvgIpc) is 3.53. The molecule has 1 atom stereocenters. The molecule has 176 valence electrons. The van der Waals surface area contributed by atoms with E-state index in [-0.39, 0.29) is 23.1 Å². The van der Waals surface area contributed by atoms with Crippen molar-refractivity contribution in [2.75, 3.05) is 27.3 Å². The Morgan fingerprint density at radius 1 is 1.03 bits per heavy atom. The molecule has 0 saturated carbocycles. The van der Waals surface area contributed by atoms with Crippen LogP contribution in [-0.2, 0) is 25.8 Å². The second-order valence-corrected chi connectivity index (χ2v) is 10.2. The van der Waals surface area contributed by atoms with Crippen LogP contribution in [0.15, 0.2) is 62.7 Å². The maximum absolute atomic E-state index is 13.0. The predicted octanol–water partition coefficient (Wildman–Crippen LogP) is 2.35. The molecule has 0 bridgehead atoms. The number of sulfone groups is 1. The smallest absolute Gasteiger partial charge is 0.309 e. The normalized spacial score (nSPS) is 12.1. The molecule has 0 fully saturated rings. The number of nitrogens with one attached hydrogen (secondary N) is 2. The summed E-state index contributed by atoms with van der Waals surface area (Å²) in [7, 11) is -0.741. The standard InChI is InChI=1S/C22H24N2O7S2/c1-29-16-8-7-15(13-18(16)30-2)9-10-23-21(25)22(26)24-14-19(17-5-3-11-31-17)33(27,28)20-6-4-12-32-20/h3-8,11-13,19H,9-10,14H2,1-2H3,(H,23,25)(H,24,26). The molecule has 0 aliphatic heterocycles. The van der Waals surface area contributed by atoms with Crippen LogP contribution in [0.4, 0.5) is 0 Å². The van der Waals surface area contributed by atoms with Crippen molar-refractivity contribution in [3.8, 4) is 11.5 Å². The highest BCUT2D eigenvalue weighted by molar-refractivity contribution is 7.93. The van der Waals surface area contributed by atoms with E-state index in [0.717, 1.165) is 16.9 Å². The van der Waals surface area contributed by atoms with E-state index in [1.807, 2.05) is 6.07 Å². The number of ether oxygens (including phenoxy) is 2. The quantitative estimate of drug-likeness (QED) is 0.416. The van der Waals surface area contributed by atoms with E-state index < -0.39 is 26.9 Å². The minimum atomic E-state index is -3.81. The number of furan rings is 1. The first-order chi connectivity index (χ1) is 15.9. The Kier molecular flexibility index (Phi) is 8.12. The monoisotopic (exact) mass is 492 g/mol. The van der Waals surface area contributed by atoms with Crippen molar-refractivity contribution in [2.45, 2.75) is 15.9 Å². The number of hydrogen-bond acceptors (Lipinski definition) is 8. The Morgan fingerprint density at radius 3 is 2.42 bits per heavy atom. The lowest BCUT2D eigenvalue weighted by atomic mass is 10.1. The Labute approximate surface area is 195 Å². The maximum atomic E-state index is 13.0. The van der Waals surface area contributed by atoms with Gasteiger partial charge in [0.1, 0.15) is 15.2 Å². The first-order valence-corrected chi connectivity index (χ1v) is 12.4. The zero-order valence-electron chi connectivity index (χ0n) is 18.1. The molecule has 9 nitrogen and oxygen atoms in total. The molecular formula is C22H24N2O7S2. The summed E-state index contributed by atoms with van der Waals surface area (Å²) in [5.41, 5.74) is 0.883. The van der Waals surface area contributed by atoms with Crippen molar-refractivity contribution in [2.24, 2.45) is 0 Å². The summed E-state index contributed by atoms with van der Waals surface area (Å²) >= 11 is 1.07. The Bertz CT molecular complexity index is 1170. The van der Waals surface area contributed by atoms with Crippen LogP contribution in [0.3, 0.4) is 0 Å². The third-order valence-electron chi connectivity index (χ3n) is 4.81. The summed E-state index contributed by atoms with van der Waals surface area (Å²) in [4.78, 5) is 24.5. The Balaban J connectivity index is 1.57. The van der Waals surface area contributed by atoms with Gasteiger partial charge in [0.2, 0.25) is 0 Å². The van der Waals surface area contributed by atoms with Gasteiger partial charge in [-0.2, -0.15) is 0 Å². The molecule has 1 aromatic carbocycles. The van der Waals surface area contributed by atoms with Gasteiger partial charge in [-0.05, 0) is 47.7 Å². The fourth-order valence-corrected chi connectivity index (χ4v) is 5.90. The highest BCUT2D eigenvalue weighted by Gasteiger charge is 2.33. The summed E-state index contributed by atoms with van der Waals surface area (Å²) in [6, 6.07) is 11.6. The van der Waals surface area contributed by atoms with Crippen LogP contribution in [0.25, 0.3) is 0 Å². The average molecular weight is 493 g/mol. The zero-order valence-corrected chi connectivity index (χ0v) is 19.7. The highest BCUT2D eigenvalue weighted by atomic mass is 32.2. The highest BCUT2D eigenvalue weighted by Crippen LogP contribution is 2.31. The van der Waals surface area contributed by atoms with Crippen LogP contribution >= 0.6 is 11.3 Å². The number of benzene rings is 1. The second-order valence-electron chi connectivity index (χ2n) is 6.89. The number of thiophene rings is 1. The van der Waals surface area contributed by atoms with Gasteiger partial charge in [0.25, 0.3) is 0 Å². The van der Waals surface area contributed by atoms with Gasteiger partial charge in [0, 0.05) is 13.1 Å². The van der Waals surface area contributed by atoms with E-state index in [1.54, 1.807) is 36.8 Å². The molecule has 2 N–H and O–H groups in total. The number of methoxy groups -OCH3 is 2. The van der Waals surface area contributed by atoms with Crippen LogP contribution in [-0.4, -0.2) is 47.5 Å². The third kappa shape index (κ3) is 5.93. The first-order valence-electron chi connectivity index (χ1n) is 9.94. The van der Waals surface area contributed by atoms with Gasteiger partial charge in [-0.3, -0.25) is 9.59 Å². The van der Waals surface area contributed by atoms with Crippen LogP contribution < -0.4 is 20.1 Å². The van der Waals surface area contributed by atoms with Crippen LogP contribution in [0.5, 0.6) is 11.5 Å². The Morgan fingerprint density at radius 2 is 1.79 bits per heavy atom. The zero-order chi connectivity index (χ0) is 23.8. The number of hydrogen-bond donors (Lipinski definition) is 2. The van der Waals surface area contributed by atoms with Gasteiger partial charge in [-0.1, -0.05) is 12.1 Å². The molecule has 3 aromatic rings. The van der Waals surface area contributed by atoms with E-state index in [9.17, 15) is 18.0 Å². The van der Waals surface area contributed by atoms with E-state index in [1.165, 1.54) is 25.5 Å². The van der Waals surface area contributed by atoms with E-state index in [2.05, 4.69) is 10.6 Å². The number of rotatable bonds is 10. The molecule has 0 aliphatic rings. The number of carbonyl (C=O) groups excluding carboxylic acids is 2. The molecule has 11 heteroatoms. The van der Waals surface area contributed by atoms with Crippen LogP contribution in [0, 0.1) is 0 Å². The largest absolute Gasteiger partial charge is 0.493 e. The van der Waals surface area contributed by atoms with Gasteiger partial charge in [0.05, 0.1) is 20.5 Å². The predicted molar refractivity (Wildman–Crippen MR) is 122 cm³/mol. The summed E-state index contributed by atoms with van der Waals surface area (Å²) in [6.07, 6.45) is 1.82. The molecule has 33 heavy (non-hydrogen) atoms. The van der Waals surface area contributed by atoms with Crippen molar-refractivity contribution < 1.29 is 31.9 Å². The first kappa shape index (κ1) is 24.3. The minimum Gasteiger partial charge on any atom is -0.493 e. The van der Waals surface area contributed by atoms with Crippen molar-refractivity contribution >= 4 is 33.0 Å². The molecule has 1 unspecified atom stereocenters. The van der Waals surface area contributed by atoms with Crippen molar-refractivity contribution in [1.82, 2.24) is 10.6 Å². The van der Waals surface area contributed by atoms with Gasteiger partial charge in [0.15, 0.2) is 21.3 Å². The molecule has 2 aromatic heterocycles. The summed E-state index contributed by atoms with van der Waals surface area (Å²) in [5.74, 6) is -0.455. The summed E-state index contributed by atoms with van der Waals surface area (Å²) in [6.45, 7) is -0.105. The lowest BCUT2D eigenvalue weighted by Gasteiger charge is -2.15. The summed E-state index contributed by atoms with van der Waals surface area (Å²) in [5, 5.41) is 5.42. The van der Waals surface area contributed by atoms with Crippen LogP contribution in [0.2, 0.25) is 0 Å². The molecule has 0 aliphatic carbocycles. The van der Waals surface area contributed by atoms with E-state index in [4.69, 9.17) is 13.9 Å². The van der Waals surface area contributed by atoms with Gasteiger partial charge in [-0.25, -0.2) is 8.42 Å². The topological polar surface area (TPSA) is 124 Å². The van der Waals surface area contributed by atoms with E-state index >= 15 is 0 Å². The molecule has 3 rings (SSSR count). The fraction of sp³-hybridized carbons (Fsp3) is 0.273. The molecule has 0 saturated heterocycles. The SMILES string of the molecule is COc1ccc(CCNC(=O)C(=O)NCC(c2ccco2)S(=O)(=O)c2cccs2)cc1OC. The van der Waals surface area contributed by atoms with Crippen molar-refractivity contribution in [3.05, 3.63) is 65.4 Å². The second kappa shape index (κ2) is 11.0. The molecule has 2 amide bonds. The van der Waals surface area contributed by atoms with Crippen LogP contribution in [0.1, 0.15) is 16.6 Å². The Hall–Kier alpha value is -3.31. The lowest BCUT2D eigenvalue weighted by molar-refractivity contribution is -0.139. The maximum Gasteiger partial charge on any atom is 0.309 e. The molecule has 0 radical (unpaired) electrons. The van der Waals surface area contributed by atoms with Gasteiger partial charge >= 0.3 is 11.8 Å². The lowest BCUT2D eigenvalue weighted by Crippen LogP contribution is -2.42. The fourth-order valence-electron chi connectivity index (χ4n) is 3.11.